The van der Waals surface area contributed by atoms with Crippen LogP contribution in [0, 0.1) is 0 Å². The number of nitrogens with zero attached hydrogens (tertiary/aromatic N) is 4. The molecule has 0 aromatic carbocycles. The zero-order chi connectivity index (χ0) is 16.4. The molecule has 0 aliphatic carbocycles. The van der Waals surface area contributed by atoms with Crippen LogP contribution >= 0.6 is 11.3 Å². The van der Waals surface area contributed by atoms with Gasteiger partial charge in [-0.3, -0.25) is 14.4 Å². The monoisotopic (exact) mass is 334 g/mol. The number of aromatic nitrogens is 2. The van der Waals surface area contributed by atoms with Crippen LogP contribution in [0.2, 0.25) is 0 Å². The van der Waals surface area contributed by atoms with E-state index in [1.807, 2.05) is 10.7 Å². The first-order valence-electron chi connectivity index (χ1n) is 7.72. The number of aliphatic hydroxyl groups excluding tert-OH is 1. The summed E-state index contributed by atoms with van der Waals surface area (Å²) >= 11 is 1.77. The topological polar surface area (TPSA) is 61.6 Å². The molecule has 6 nitrogen and oxygen atoms in total. The molecule has 23 heavy (non-hydrogen) atoms. The molecule has 124 valence electrons. The lowest BCUT2D eigenvalue weighted by atomic mass is 10.1. The Kier molecular flexibility index (Phi) is 4.79. The highest BCUT2D eigenvalue weighted by atomic mass is 32.1. The SMILES string of the molecule is CN(C)C(=O)CC(O)c1cc2n(n1)CCN(Cc1cccs1)C2. The van der Waals surface area contributed by atoms with Crippen molar-refractivity contribution in [3.8, 4) is 0 Å². The van der Waals surface area contributed by atoms with E-state index < -0.39 is 6.10 Å². The fourth-order valence-corrected chi connectivity index (χ4v) is 3.46. The van der Waals surface area contributed by atoms with Crippen LogP contribution in [0.15, 0.2) is 23.6 Å². The van der Waals surface area contributed by atoms with E-state index in [1.165, 1.54) is 9.78 Å². The molecule has 1 aliphatic heterocycles. The molecule has 1 atom stereocenters. The lowest BCUT2D eigenvalue weighted by Gasteiger charge is -2.26. The quantitative estimate of drug-likeness (QED) is 0.899. The molecule has 1 unspecified atom stereocenters. The summed E-state index contributed by atoms with van der Waals surface area (Å²) in [6.07, 6.45) is -0.767. The number of aliphatic hydroxyl groups is 1. The highest BCUT2D eigenvalue weighted by Gasteiger charge is 2.23. The lowest BCUT2D eigenvalue weighted by molar-refractivity contribution is -0.130. The molecular formula is C16H22N4O2S. The smallest absolute Gasteiger partial charge is 0.225 e. The van der Waals surface area contributed by atoms with Gasteiger partial charge in [0, 0.05) is 38.6 Å². The van der Waals surface area contributed by atoms with Crippen LogP contribution in [0.4, 0.5) is 0 Å². The minimum absolute atomic E-state index is 0.0718. The third-order valence-corrected chi connectivity index (χ3v) is 4.92. The normalized spacial score (nSPS) is 16.1. The molecule has 1 N–H and O–H groups in total. The van der Waals surface area contributed by atoms with E-state index in [0.717, 1.165) is 31.9 Å². The Morgan fingerprint density at radius 3 is 3.00 bits per heavy atom. The minimum Gasteiger partial charge on any atom is -0.386 e. The van der Waals surface area contributed by atoms with Crippen LogP contribution in [-0.2, 0) is 24.4 Å². The third kappa shape index (κ3) is 3.80. The molecule has 0 saturated carbocycles. The van der Waals surface area contributed by atoms with E-state index in [0.29, 0.717) is 5.69 Å². The number of carbonyl (C=O) groups excluding carboxylic acids is 1. The van der Waals surface area contributed by atoms with Crippen LogP contribution in [-0.4, -0.2) is 51.2 Å². The molecule has 0 radical (unpaired) electrons. The molecule has 0 spiro atoms. The fraction of sp³-hybridized carbons (Fsp3) is 0.500. The molecule has 0 saturated heterocycles. The van der Waals surface area contributed by atoms with Gasteiger partial charge in [-0.15, -0.1) is 11.3 Å². The van der Waals surface area contributed by atoms with Crippen molar-refractivity contribution in [1.29, 1.82) is 0 Å². The molecular weight excluding hydrogens is 312 g/mol. The summed E-state index contributed by atoms with van der Waals surface area (Å²) < 4.78 is 1.95. The van der Waals surface area contributed by atoms with Gasteiger partial charge in [-0.05, 0) is 17.5 Å². The number of rotatable bonds is 5. The Labute approximate surface area is 139 Å². The van der Waals surface area contributed by atoms with Gasteiger partial charge in [0.2, 0.25) is 5.91 Å². The second-order valence-corrected chi connectivity index (χ2v) is 7.11. The van der Waals surface area contributed by atoms with Crippen molar-refractivity contribution >= 4 is 17.2 Å². The second kappa shape index (κ2) is 6.82. The number of hydrogen-bond acceptors (Lipinski definition) is 5. The summed E-state index contributed by atoms with van der Waals surface area (Å²) in [5.41, 5.74) is 1.69. The zero-order valence-corrected chi connectivity index (χ0v) is 14.3. The summed E-state index contributed by atoms with van der Waals surface area (Å²) in [6.45, 7) is 3.52. The van der Waals surface area contributed by atoms with Crippen LogP contribution in [0.3, 0.4) is 0 Å². The Bertz CT molecular complexity index is 666. The van der Waals surface area contributed by atoms with E-state index in [1.54, 1.807) is 25.4 Å². The van der Waals surface area contributed by atoms with Gasteiger partial charge < -0.3 is 10.0 Å². The lowest BCUT2D eigenvalue weighted by Crippen LogP contribution is -2.33. The zero-order valence-electron chi connectivity index (χ0n) is 13.5. The van der Waals surface area contributed by atoms with E-state index in [9.17, 15) is 9.90 Å². The van der Waals surface area contributed by atoms with Gasteiger partial charge in [-0.2, -0.15) is 5.10 Å². The van der Waals surface area contributed by atoms with Crippen LogP contribution in [0.25, 0.3) is 0 Å². The maximum atomic E-state index is 11.7. The number of hydrogen-bond donors (Lipinski definition) is 1. The summed E-state index contributed by atoms with van der Waals surface area (Å²) in [5, 5.41) is 16.8. The molecule has 7 heteroatoms. The average molecular weight is 334 g/mol. The molecule has 3 rings (SSSR count). The van der Waals surface area contributed by atoms with Crippen molar-refractivity contribution in [3.63, 3.8) is 0 Å². The largest absolute Gasteiger partial charge is 0.386 e. The number of carbonyl (C=O) groups is 1. The Morgan fingerprint density at radius 2 is 2.30 bits per heavy atom. The Hall–Kier alpha value is -1.70. The summed E-state index contributed by atoms with van der Waals surface area (Å²) in [7, 11) is 3.38. The highest BCUT2D eigenvalue weighted by Crippen LogP contribution is 2.22. The van der Waals surface area contributed by atoms with E-state index in [-0.39, 0.29) is 12.3 Å². The van der Waals surface area contributed by atoms with Crippen molar-refractivity contribution in [2.24, 2.45) is 0 Å². The van der Waals surface area contributed by atoms with Crippen LogP contribution in [0.1, 0.15) is 28.8 Å². The molecule has 2 aromatic heterocycles. The number of thiophene rings is 1. The fourth-order valence-electron chi connectivity index (χ4n) is 2.72. The van der Waals surface area contributed by atoms with Crippen molar-refractivity contribution in [1.82, 2.24) is 19.6 Å². The van der Waals surface area contributed by atoms with Crippen LogP contribution < -0.4 is 0 Å². The molecule has 1 amide bonds. The first-order chi connectivity index (χ1) is 11.0. The van der Waals surface area contributed by atoms with E-state index >= 15 is 0 Å². The standard InChI is InChI=1S/C16H22N4O2S/c1-18(2)16(22)9-15(21)14-8-12-10-19(5-6-20(12)17-14)11-13-4-3-7-23-13/h3-4,7-8,15,21H,5-6,9-11H2,1-2H3. The van der Waals surface area contributed by atoms with Gasteiger partial charge >= 0.3 is 0 Å². The maximum absolute atomic E-state index is 11.7. The van der Waals surface area contributed by atoms with Gasteiger partial charge in [0.05, 0.1) is 24.4 Å². The van der Waals surface area contributed by atoms with Gasteiger partial charge in [0.25, 0.3) is 0 Å². The second-order valence-electron chi connectivity index (χ2n) is 6.08. The summed E-state index contributed by atoms with van der Waals surface area (Å²) in [5.74, 6) is -0.0946. The van der Waals surface area contributed by atoms with Crippen molar-refractivity contribution < 1.29 is 9.90 Å². The van der Waals surface area contributed by atoms with Gasteiger partial charge in [-0.1, -0.05) is 6.07 Å². The molecule has 2 aromatic rings. The first-order valence-corrected chi connectivity index (χ1v) is 8.60. The van der Waals surface area contributed by atoms with Gasteiger partial charge in [0.15, 0.2) is 0 Å². The van der Waals surface area contributed by atoms with Gasteiger partial charge in [0.1, 0.15) is 6.10 Å². The molecule has 0 bridgehead atoms. The first kappa shape index (κ1) is 16.2. The highest BCUT2D eigenvalue weighted by molar-refractivity contribution is 7.09. The predicted octanol–water partition coefficient (Wildman–Crippen LogP) is 1.47. The number of fused-ring (bicyclic) bond motifs is 1. The Morgan fingerprint density at radius 1 is 1.48 bits per heavy atom. The van der Waals surface area contributed by atoms with E-state index in [2.05, 4.69) is 27.5 Å². The third-order valence-electron chi connectivity index (χ3n) is 4.06. The Balaban J connectivity index is 1.65. The number of amides is 1. The summed E-state index contributed by atoms with van der Waals surface area (Å²) in [6, 6.07) is 6.15. The van der Waals surface area contributed by atoms with Crippen molar-refractivity contribution in [2.45, 2.75) is 32.2 Å². The van der Waals surface area contributed by atoms with Crippen molar-refractivity contribution in [2.75, 3.05) is 20.6 Å². The maximum Gasteiger partial charge on any atom is 0.225 e. The summed E-state index contributed by atoms with van der Waals surface area (Å²) in [4.78, 5) is 16.9. The van der Waals surface area contributed by atoms with E-state index in [4.69, 9.17) is 0 Å². The minimum atomic E-state index is -0.839. The average Bonchev–Trinajstić information content (AvgIpc) is 3.15. The van der Waals surface area contributed by atoms with Crippen molar-refractivity contribution in [3.05, 3.63) is 39.8 Å². The predicted molar refractivity (Wildman–Crippen MR) is 88.9 cm³/mol. The molecule has 3 heterocycles. The molecule has 1 aliphatic rings. The van der Waals surface area contributed by atoms with Crippen LogP contribution in [0.5, 0.6) is 0 Å². The van der Waals surface area contributed by atoms with Gasteiger partial charge in [-0.25, -0.2) is 0 Å². The molecule has 0 fully saturated rings.